The van der Waals surface area contributed by atoms with Crippen molar-refractivity contribution in [2.75, 3.05) is 11.1 Å². The third-order valence-corrected chi connectivity index (χ3v) is 2.80. The fraction of sp³-hybridized carbons (Fsp3) is 0.250. The van der Waals surface area contributed by atoms with E-state index in [1.165, 1.54) is 6.07 Å². The molecular weight excluding hydrogens is 246 g/mol. The Morgan fingerprint density at radius 1 is 1.53 bits per heavy atom. The van der Waals surface area contributed by atoms with E-state index in [1.807, 2.05) is 14.0 Å². The van der Waals surface area contributed by atoms with Gasteiger partial charge in [0.15, 0.2) is 5.82 Å². The number of nitrogens with two attached hydrogens (primary N) is 1. The van der Waals surface area contributed by atoms with Gasteiger partial charge in [0.1, 0.15) is 6.33 Å². The summed E-state index contributed by atoms with van der Waals surface area (Å²) in [5, 5.41) is 20.0. The van der Waals surface area contributed by atoms with Crippen LogP contribution in [0.2, 0.25) is 0 Å². The summed E-state index contributed by atoms with van der Waals surface area (Å²) in [6.07, 6.45) is 1.61. The van der Waals surface area contributed by atoms with Gasteiger partial charge in [-0.05, 0) is 25.1 Å². The van der Waals surface area contributed by atoms with Gasteiger partial charge in [-0.3, -0.25) is 0 Å². The van der Waals surface area contributed by atoms with Crippen molar-refractivity contribution >= 4 is 17.3 Å². The Morgan fingerprint density at radius 2 is 2.26 bits per heavy atom. The monoisotopic (exact) mass is 261 g/mol. The molecule has 1 heterocycles. The van der Waals surface area contributed by atoms with Gasteiger partial charge in [-0.1, -0.05) is 0 Å². The number of aromatic carboxylic acids is 1. The number of aryl methyl sites for hydroxylation is 1. The highest BCUT2D eigenvalue weighted by molar-refractivity contribution is 5.94. The van der Waals surface area contributed by atoms with E-state index in [-0.39, 0.29) is 17.3 Å². The molecule has 2 rings (SSSR count). The van der Waals surface area contributed by atoms with Gasteiger partial charge >= 0.3 is 5.97 Å². The van der Waals surface area contributed by atoms with Crippen LogP contribution in [0.25, 0.3) is 0 Å². The maximum absolute atomic E-state index is 11.0. The first-order chi connectivity index (χ1) is 8.99. The van der Waals surface area contributed by atoms with E-state index in [0.29, 0.717) is 5.69 Å². The molecule has 7 nitrogen and oxygen atoms in total. The highest BCUT2D eigenvalue weighted by Crippen LogP contribution is 2.21. The first-order valence-corrected chi connectivity index (χ1v) is 5.72. The lowest BCUT2D eigenvalue weighted by Crippen LogP contribution is -2.12. The van der Waals surface area contributed by atoms with Crippen LogP contribution in [-0.2, 0) is 7.05 Å². The Hall–Kier alpha value is -2.57. The van der Waals surface area contributed by atoms with Crippen LogP contribution in [0, 0.1) is 0 Å². The standard InChI is InChI=1S/C12H15N5O2/c1-7(11-16-14-6-17(11)2)15-8-3-4-10(13)9(5-8)12(18)19/h3-7,15H,13H2,1-2H3,(H,18,19). The molecule has 0 saturated carbocycles. The molecular formula is C12H15N5O2. The van der Waals surface area contributed by atoms with Crippen LogP contribution in [0.3, 0.4) is 0 Å². The van der Waals surface area contributed by atoms with E-state index in [9.17, 15) is 4.79 Å². The molecule has 0 aliphatic rings. The Bertz CT molecular complexity index is 608. The molecule has 0 fully saturated rings. The van der Waals surface area contributed by atoms with E-state index < -0.39 is 5.97 Å². The van der Waals surface area contributed by atoms with Crippen molar-refractivity contribution in [3.63, 3.8) is 0 Å². The van der Waals surface area contributed by atoms with E-state index in [1.54, 1.807) is 23.0 Å². The van der Waals surface area contributed by atoms with Gasteiger partial charge in [0, 0.05) is 18.4 Å². The van der Waals surface area contributed by atoms with Crippen molar-refractivity contribution in [1.29, 1.82) is 0 Å². The number of carboxylic acid groups (broad SMARTS) is 1. The molecule has 0 aliphatic carbocycles. The normalized spacial score (nSPS) is 12.1. The van der Waals surface area contributed by atoms with Gasteiger partial charge in [-0.2, -0.15) is 0 Å². The lowest BCUT2D eigenvalue weighted by atomic mass is 10.1. The number of aromatic nitrogens is 3. The van der Waals surface area contributed by atoms with E-state index >= 15 is 0 Å². The maximum Gasteiger partial charge on any atom is 0.337 e. The lowest BCUT2D eigenvalue weighted by molar-refractivity contribution is 0.0698. The summed E-state index contributed by atoms with van der Waals surface area (Å²) in [7, 11) is 1.85. The van der Waals surface area contributed by atoms with Crippen molar-refractivity contribution in [3.8, 4) is 0 Å². The average molecular weight is 261 g/mol. The number of hydrogen-bond donors (Lipinski definition) is 3. The molecule has 0 bridgehead atoms. The molecule has 19 heavy (non-hydrogen) atoms. The number of anilines is 2. The summed E-state index contributed by atoms with van der Waals surface area (Å²) in [4.78, 5) is 11.0. The number of nitrogen functional groups attached to an aromatic ring is 1. The molecule has 100 valence electrons. The van der Waals surface area contributed by atoms with Crippen LogP contribution >= 0.6 is 0 Å². The zero-order chi connectivity index (χ0) is 14.0. The number of nitrogens with zero attached hydrogens (tertiary/aromatic N) is 3. The molecule has 0 aliphatic heterocycles. The van der Waals surface area contributed by atoms with Crippen molar-refractivity contribution in [2.45, 2.75) is 13.0 Å². The molecule has 0 spiro atoms. The van der Waals surface area contributed by atoms with Crippen LogP contribution in [0.15, 0.2) is 24.5 Å². The minimum Gasteiger partial charge on any atom is -0.478 e. The van der Waals surface area contributed by atoms with Gasteiger partial charge < -0.3 is 20.7 Å². The third kappa shape index (κ3) is 2.65. The second kappa shape index (κ2) is 4.97. The van der Waals surface area contributed by atoms with Crippen LogP contribution in [0.5, 0.6) is 0 Å². The minimum absolute atomic E-state index is 0.0789. The molecule has 1 atom stereocenters. The number of benzene rings is 1. The third-order valence-electron chi connectivity index (χ3n) is 2.80. The molecule has 0 saturated heterocycles. The number of rotatable bonds is 4. The minimum atomic E-state index is -1.05. The first kappa shape index (κ1) is 12.9. The van der Waals surface area contributed by atoms with Crippen molar-refractivity contribution < 1.29 is 9.90 Å². The Morgan fingerprint density at radius 3 is 2.84 bits per heavy atom. The molecule has 0 radical (unpaired) electrons. The summed E-state index contributed by atoms with van der Waals surface area (Å²) >= 11 is 0. The van der Waals surface area contributed by atoms with E-state index in [4.69, 9.17) is 10.8 Å². The van der Waals surface area contributed by atoms with Gasteiger partial charge in [0.05, 0.1) is 11.6 Å². The Labute approximate surface area is 110 Å². The van der Waals surface area contributed by atoms with Gasteiger partial charge in [0.25, 0.3) is 0 Å². The number of carboxylic acids is 1. The first-order valence-electron chi connectivity index (χ1n) is 5.72. The van der Waals surface area contributed by atoms with Gasteiger partial charge in [0.2, 0.25) is 0 Å². The highest BCUT2D eigenvalue weighted by atomic mass is 16.4. The van der Waals surface area contributed by atoms with E-state index in [2.05, 4.69) is 15.5 Å². The maximum atomic E-state index is 11.0. The molecule has 2 aromatic rings. The van der Waals surface area contributed by atoms with Crippen molar-refractivity contribution in [2.24, 2.45) is 7.05 Å². The molecule has 1 aromatic heterocycles. The summed E-state index contributed by atoms with van der Waals surface area (Å²) in [6, 6.07) is 4.70. The molecule has 7 heteroatoms. The van der Waals surface area contributed by atoms with Crippen LogP contribution in [0.1, 0.15) is 29.1 Å². The number of carbonyl (C=O) groups is 1. The smallest absolute Gasteiger partial charge is 0.337 e. The number of hydrogen-bond acceptors (Lipinski definition) is 5. The Balaban J connectivity index is 2.22. The molecule has 1 aromatic carbocycles. The predicted octanol–water partition coefficient (Wildman–Crippen LogP) is 1.27. The largest absolute Gasteiger partial charge is 0.478 e. The summed E-state index contributed by atoms with van der Waals surface area (Å²) in [6.45, 7) is 1.92. The van der Waals surface area contributed by atoms with Crippen molar-refractivity contribution in [3.05, 3.63) is 35.9 Å². The summed E-state index contributed by atoms with van der Waals surface area (Å²) < 4.78 is 1.80. The van der Waals surface area contributed by atoms with Crippen LogP contribution in [0.4, 0.5) is 11.4 Å². The topological polar surface area (TPSA) is 106 Å². The van der Waals surface area contributed by atoms with Crippen molar-refractivity contribution in [1.82, 2.24) is 14.8 Å². The summed E-state index contributed by atoms with van der Waals surface area (Å²) in [5.74, 6) is -0.291. The van der Waals surface area contributed by atoms with Crippen LogP contribution in [-0.4, -0.2) is 25.8 Å². The van der Waals surface area contributed by atoms with Crippen LogP contribution < -0.4 is 11.1 Å². The number of nitrogens with one attached hydrogen (secondary N) is 1. The SMILES string of the molecule is CC(Nc1ccc(N)c(C(=O)O)c1)c1nncn1C. The lowest BCUT2D eigenvalue weighted by Gasteiger charge is -2.15. The predicted molar refractivity (Wildman–Crippen MR) is 70.9 cm³/mol. The Kier molecular flexibility index (Phi) is 3.37. The fourth-order valence-corrected chi connectivity index (χ4v) is 1.83. The summed E-state index contributed by atoms with van der Waals surface area (Å²) in [5.41, 5.74) is 6.59. The molecule has 4 N–H and O–H groups in total. The molecule has 0 amide bonds. The van der Waals surface area contributed by atoms with Gasteiger partial charge in [-0.25, -0.2) is 4.79 Å². The average Bonchev–Trinajstić information content (AvgIpc) is 2.77. The zero-order valence-corrected chi connectivity index (χ0v) is 10.7. The van der Waals surface area contributed by atoms with Gasteiger partial charge in [-0.15, -0.1) is 10.2 Å². The second-order valence-electron chi connectivity index (χ2n) is 4.27. The molecule has 1 unspecified atom stereocenters. The fourth-order valence-electron chi connectivity index (χ4n) is 1.83. The highest BCUT2D eigenvalue weighted by Gasteiger charge is 2.13. The van der Waals surface area contributed by atoms with E-state index in [0.717, 1.165) is 5.82 Å². The zero-order valence-electron chi connectivity index (χ0n) is 10.7. The quantitative estimate of drug-likeness (QED) is 0.715. The second-order valence-corrected chi connectivity index (χ2v) is 4.27.